The molecule has 1 aromatic rings. The molecule has 1 heterocycles. The lowest BCUT2D eigenvalue weighted by molar-refractivity contribution is 0.0599. The van der Waals surface area contributed by atoms with Crippen molar-refractivity contribution in [3.8, 4) is 0 Å². The summed E-state index contributed by atoms with van der Waals surface area (Å²) in [5.41, 5.74) is -0.0325. The number of hydrogen-bond acceptors (Lipinski definition) is 3. The van der Waals surface area contributed by atoms with E-state index in [9.17, 15) is 13.6 Å². The van der Waals surface area contributed by atoms with Gasteiger partial charge in [0.25, 0.3) is 0 Å². The third-order valence-corrected chi connectivity index (χ3v) is 3.21. The molecular weight excluding hydrogens is 240 g/mol. The molecule has 18 heavy (non-hydrogen) atoms. The van der Waals surface area contributed by atoms with E-state index in [1.54, 1.807) is 0 Å². The van der Waals surface area contributed by atoms with Crippen molar-refractivity contribution >= 4 is 5.97 Å². The van der Waals surface area contributed by atoms with Gasteiger partial charge in [-0.25, -0.2) is 13.6 Å². The number of carbonyl (C=O) groups is 1. The largest absolute Gasteiger partial charge is 0.465 e. The Labute approximate surface area is 104 Å². The number of nitrogens with one attached hydrogen (secondary N) is 1. The summed E-state index contributed by atoms with van der Waals surface area (Å²) in [5.74, 6) is -2.26. The zero-order chi connectivity index (χ0) is 13.1. The predicted molar refractivity (Wildman–Crippen MR) is 62.5 cm³/mol. The van der Waals surface area contributed by atoms with Gasteiger partial charge >= 0.3 is 5.97 Å². The molecule has 0 spiro atoms. The Hall–Kier alpha value is -1.49. The summed E-state index contributed by atoms with van der Waals surface area (Å²) in [5, 5.41) is 3.11. The highest BCUT2D eigenvalue weighted by molar-refractivity contribution is 5.89. The zero-order valence-electron chi connectivity index (χ0n) is 10.1. The van der Waals surface area contributed by atoms with Gasteiger partial charge in [0.05, 0.1) is 12.7 Å². The molecular formula is C13H15F2NO2. The normalized spacial score (nSPS) is 19.6. The van der Waals surface area contributed by atoms with Crippen LogP contribution in [-0.4, -0.2) is 26.2 Å². The molecule has 1 unspecified atom stereocenters. The van der Waals surface area contributed by atoms with Crippen molar-refractivity contribution in [2.75, 3.05) is 20.2 Å². The van der Waals surface area contributed by atoms with E-state index in [4.69, 9.17) is 0 Å². The van der Waals surface area contributed by atoms with Crippen LogP contribution in [0.2, 0.25) is 0 Å². The highest BCUT2D eigenvalue weighted by Gasteiger charge is 2.24. The van der Waals surface area contributed by atoms with Crippen molar-refractivity contribution in [3.63, 3.8) is 0 Å². The molecule has 0 aromatic heterocycles. The molecule has 1 saturated heterocycles. The van der Waals surface area contributed by atoms with Crippen molar-refractivity contribution in [1.82, 2.24) is 5.32 Å². The molecule has 1 atom stereocenters. The minimum absolute atomic E-state index is 0.0647. The minimum atomic E-state index is -0.735. The van der Waals surface area contributed by atoms with Crippen molar-refractivity contribution in [2.24, 2.45) is 0 Å². The fraction of sp³-hybridized carbons (Fsp3) is 0.462. The lowest BCUT2D eigenvalue weighted by Crippen LogP contribution is -2.29. The molecule has 2 rings (SSSR count). The number of methoxy groups -OCH3 is 1. The zero-order valence-corrected chi connectivity index (χ0v) is 10.1. The molecule has 1 N–H and O–H groups in total. The van der Waals surface area contributed by atoms with Gasteiger partial charge in [0.15, 0.2) is 0 Å². The Morgan fingerprint density at radius 2 is 2.06 bits per heavy atom. The van der Waals surface area contributed by atoms with Gasteiger partial charge in [-0.15, -0.1) is 0 Å². The number of halogens is 2. The second-order valence-electron chi connectivity index (χ2n) is 4.39. The van der Waals surface area contributed by atoms with Crippen LogP contribution in [-0.2, 0) is 4.74 Å². The molecule has 0 amide bonds. The van der Waals surface area contributed by atoms with E-state index in [-0.39, 0.29) is 17.0 Å². The average molecular weight is 255 g/mol. The maximum atomic E-state index is 13.9. The molecule has 1 aromatic carbocycles. The molecule has 98 valence electrons. The molecule has 5 heteroatoms. The molecule has 0 radical (unpaired) electrons. The second kappa shape index (κ2) is 5.44. The minimum Gasteiger partial charge on any atom is -0.465 e. The van der Waals surface area contributed by atoms with Crippen LogP contribution in [0.4, 0.5) is 8.78 Å². The number of piperidine rings is 1. The van der Waals surface area contributed by atoms with Crippen LogP contribution in [0.15, 0.2) is 12.1 Å². The van der Waals surface area contributed by atoms with E-state index in [0.29, 0.717) is 6.54 Å². The number of benzene rings is 1. The van der Waals surface area contributed by atoms with Gasteiger partial charge in [-0.05, 0) is 31.5 Å². The third-order valence-electron chi connectivity index (χ3n) is 3.21. The maximum absolute atomic E-state index is 13.9. The topological polar surface area (TPSA) is 38.3 Å². The quantitative estimate of drug-likeness (QED) is 0.823. The van der Waals surface area contributed by atoms with E-state index >= 15 is 0 Å². The molecule has 1 aliphatic heterocycles. The fourth-order valence-corrected chi connectivity index (χ4v) is 2.31. The van der Waals surface area contributed by atoms with Gasteiger partial charge in [-0.3, -0.25) is 0 Å². The van der Waals surface area contributed by atoms with Crippen LogP contribution >= 0.6 is 0 Å². The number of esters is 1. The van der Waals surface area contributed by atoms with Gasteiger partial charge in [0.1, 0.15) is 11.6 Å². The number of carbonyl (C=O) groups excluding carboxylic acids is 1. The fourth-order valence-electron chi connectivity index (χ4n) is 2.31. The summed E-state index contributed by atoms with van der Waals surface area (Å²) in [6.07, 6.45) is 1.64. The van der Waals surface area contributed by atoms with Crippen LogP contribution in [0.5, 0.6) is 0 Å². The standard InChI is InChI=1S/C13H15F2NO2/c1-18-13(17)9-5-10(14)12(11(15)6-9)8-3-2-4-16-7-8/h5-6,8,16H,2-4,7H2,1H3. The number of hydrogen-bond donors (Lipinski definition) is 1. The van der Waals surface area contributed by atoms with Crippen LogP contribution < -0.4 is 5.32 Å². The highest BCUT2D eigenvalue weighted by atomic mass is 19.1. The Morgan fingerprint density at radius 1 is 1.39 bits per heavy atom. The third kappa shape index (κ3) is 2.51. The summed E-state index contributed by atoms with van der Waals surface area (Å²) < 4.78 is 32.3. The first-order valence-electron chi connectivity index (χ1n) is 5.91. The highest BCUT2D eigenvalue weighted by Crippen LogP contribution is 2.29. The van der Waals surface area contributed by atoms with Crippen molar-refractivity contribution in [1.29, 1.82) is 0 Å². The van der Waals surface area contributed by atoms with E-state index in [1.165, 1.54) is 7.11 Å². The Balaban J connectivity index is 2.34. The van der Waals surface area contributed by atoms with E-state index < -0.39 is 17.6 Å². The van der Waals surface area contributed by atoms with E-state index in [2.05, 4.69) is 10.1 Å². The number of rotatable bonds is 2. The Bertz CT molecular complexity index is 433. The second-order valence-corrected chi connectivity index (χ2v) is 4.39. The van der Waals surface area contributed by atoms with Gasteiger partial charge < -0.3 is 10.1 Å². The SMILES string of the molecule is COC(=O)c1cc(F)c(C2CCCNC2)c(F)c1. The summed E-state index contributed by atoms with van der Waals surface area (Å²) in [4.78, 5) is 11.2. The molecule has 3 nitrogen and oxygen atoms in total. The number of ether oxygens (including phenoxy) is 1. The van der Waals surface area contributed by atoms with E-state index in [0.717, 1.165) is 31.5 Å². The molecule has 1 fully saturated rings. The van der Waals surface area contributed by atoms with Crippen molar-refractivity contribution in [2.45, 2.75) is 18.8 Å². The lowest BCUT2D eigenvalue weighted by atomic mass is 9.90. The van der Waals surface area contributed by atoms with Crippen molar-refractivity contribution in [3.05, 3.63) is 34.9 Å². The first kappa shape index (κ1) is 13.0. The molecule has 1 aliphatic rings. The predicted octanol–water partition coefficient (Wildman–Crippen LogP) is 2.22. The van der Waals surface area contributed by atoms with Gasteiger partial charge in [0, 0.05) is 18.0 Å². The lowest BCUT2D eigenvalue weighted by Gasteiger charge is -2.24. The Kier molecular flexibility index (Phi) is 3.91. The van der Waals surface area contributed by atoms with Gasteiger partial charge in [-0.1, -0.05) is 0 Å². The first-order chi connectivity index (χ1) is 8.63. The summed E-state index contributed by atoms with van der Waals surface area (Å²) in [7, 11) is 1.18. The monoisotopic (exact) mass is 255 g/mol. The van der Waals surface area contributed by atoms with Crippen LogP contribution in [0.1, 0.15) is 34.7 Å². The average Bonchev–Trinajstić information content (AvgIpc) is 2.38. The molecule has 0 saturated carbocycles. The summed E-state index contributed by atoms with van der Waals surface area (Å²) in [6.45, 7) is 1.44. The first-order valence-corrected chi connectivity index (χ1v) is 5.91. The van der Waals surface area contributed by atoms with Crippen molar-refractivity contribution < 1.29 is 18.3 Å². The van der Waals surface area contributed by atoms with Crippen LogP contribution in [0.25, 0.3) is 0 Å². The maximum Gasteiger partial charge on any atom is 0.338 e. The van der Waals surface area contributed by atoms with Crippen LogP contribution in [0, 0.1) is 11.6 Å². The smallest absolute Gasteiger partial charge is 0.338 e. The van der Waals surface area contributed by atoms with E-state index in [1.807, 2.05) is 0 Å². The van der Waals surface area contributed by atoms with Gasteiger partial charge in [-0.2, -0.15) is 0 Å². The Morgan fingerprint density at radius 3 is 2.56 bits per heavy atom. The molecule has 0 bridgehead atoms. The summed E-state index contributed by atoms with van der Waals surface area (Å²) in [6, 6.07) is 2.08. The molecule has 0 aliphatic carbocycles. The van der Waals surface area contributed by atoms with Crippen LogP contribution in [0.3, 0.4) is 0 Å². The van der Waals surface area contributed by atoms with Gasteiger partial charge in [0.2, 0.25) is 0 Å². The summed E-state index contributed by atoms with van der Waals surface area (Å²) >= 11 is 0.